The molecule has 2 N–H and O–H groups in total. The maximum absolute atomic E-state index is 12.3. The minimum atomic E-state index is -1.27. The van der Waals surface area contributed by atoms with Gasteiger partial charge in [-0.25, -0.2) is 9.59 Å². The first kappa shape index (κ1) is 22.4. The summed E-state index contributed by atoms with van der Waals surface area (Å²) in [6, 6.07) is 15.8. The van der Waals surface area contributed by atoms with E-state index in [9.17, 15) is 9.59 Å². The molecular formula is C25H30N2O4. The fourth-order valence-corrected chi connectivity index (χ4v) is 3.36. The first-order valence-electron chi connectivity index (χ1n) is 10.6. The fourth-order valence-electron chi connectivity index (χ4n) is 3.36. The van der Waals surface area contributed by atoms with Crippen LogP contribution in [0.3, 0.4) is 0 Å². The van der Waals surface area contributed by atoms with Crippen LogP contribution in [0, 0.1) is 0 Å². The van der Waals surface area contributed by atoms with Crippen molar-refractivity contribution in [1.29, 1.82) is 0 Å². The van der Waals surface area contributed by atoms with E-state index in [2.05, 4.69) is 36.2 Å². The van der Waals surface area contributed by atoms with Crippen LogP contribution in [-0.4, -0.2) is 26.2 Å². The van der Waals surface area contributed by atoms with Gasteiger partial charge in [-0.1, -0.05) is 43.3 Å². The second-order valence-electron chi connectivity index (χ2n) is 8.30. The van der Waals surface area contributed by atoms with Crippen LogP contribution in [0.5, 0.6) is 5.75 Å². The lowest BCUT2D eigenvalue weighted by atomic mass is 10.1. The van der Waals surface area contributed by atoms with Gasteiger partial charge in [-0.3, -0.25) is 4.57 Å². The Morgan fingerprint density at radius 1 is 1.00 bits per heavy atom. The van der Waals surface area contributed by atoms with Crippen LogP contribution < -0.4 is 10.4 Å². The van der Waals surface area contributed by atoms with Crippen LogP contribution in [0.4, 0.5) is 0 Å². The summed E-state index contributed by atoms with van der Waals surface area (Å²) in [6.07, 6.45) is 5.44. The highest BCUT2D eigenvalue weighted by Gasteiger charge is 2.29. The lowest BCUT2D eigenvalue weighted by Crippen LogP contribution is -2.37. The summed E-state index contributed by atoms with van der Waals surface area (Å²) < 4.78 is 7.24. The zero-order chi connectivity index (χ0) is 22.4. The predicted octanol–water partition coefficient (Wildman–Crippen LogP) is 4.20. The molecule has 164 valence electrons. The maximum atomic E-state index is 12.3. The molecule has 31 heavy (non-hydrogen) atoms. The molecule has 0 aliphatic heterocycles. The van der Waals surface area contributed by atoms with Crippen molar-refractivity contribution in [3.8, 4) is 5.75 Å². The molecule has 2 aromatic carbocycles. The highest BCUT2D eigenvalue weighted by atomic mass is 16.5. The van der Waals surface area contributed by atoms with Crippen molar-refractivity contribution in [3.05, 3.63) is 87.6 Å². The molecule has 0 fully saturated rings. The largest absolute Gasteiger partial charge is 0.478 e. The van der Waals surface area contributed by atoms with Gasteiger partial charge in [0, 0.05) is 11.9 Å². The van der Waals surface area contributed by atoms with E-state index in [1.54, 1.807) is 16.7 Å². The van der Waals surface area contributed by atoms with Crippen LogP contribution in [0.25, 0.3) is 0 Å². The number of benzene rings is 2. The summed E-state index contributed by atoms with van der Waals surface area (Å²) in [5.74, 6) is -0.472. The van der Waals surface area contributed by atoms with Crippen LogP contribution >= 0.6 is 0 Å². The van der Waals surface area contributed by atoms with Gasteiger partial charge in [0.1, 0.15) is 5.75 Å². The Morgan fingerprint density at radius 2 is 1.61 bits per heavy atom. The average Bonchev–Trinajstić information content (AvgIpc) is 3.08. The molecule has 0 spiro atoms. The van der Waals surface area contributed by atoms with Gasteiger partial charge in [-0.2, -0.15) is 0 Å². The molecule has 0 aliphatic carbocycles. The van der Waals surface area contributed by atoms with Gasteiger partial charge in [0.25, 0.3) is 0 Å². The van der Waals surface area contributed by atoms with Gasteiger partial charge in [-0.05, 0) is 68.4 Å². The van der Waals surface area contributed by atoms with Crippen molar-refractivity contribution >= 4 is 5.97 Å². The molecule has 0 saturated heterocycles. The molecule has 1 heterocycles. The van der Waals surface area contributed by atoms with E-state index in [0.717, 1.165) is 42.5 Å². The second-order valence-corrected chi connectivity index (χ2v) is 8.30. The number of aryl methyl sites for hydroxylation is 3. The van der Waals surface area contributed by atoms with Crippen LogP contribution in [0.2, 0.25) is 0 Å². The number of carboxylic acid groups (broad SMARTS) is 1. The molecule has 0 amide bonds. The first-order chi connectivity index (χ1) is 14.8. The van der Waals surface area contributed by atoms with Crippen molar-refractivity contribution < 1.29 is 14.6 Å². The Kier molecular flexibility index (Phi) is 7.00. The topological polar surface area (TPSA) is 84.3 Å². The maximum Gasteiger partial charge on any atom is 0.347 e. The van der Waals surface area contributed by atoms with E-state index < -0.39 is 11.6 Å². The average molecular weight is 423 g/mol. The highest BCUT2D eigenvalue weighted by Crippen LogP contribution is 2.20. The number of rotatable bonds is 10. The van der Waals surface area contributed by atoms with E-state index in [-0.39, 0.29) is 5.69 Å². The molecule has 0 aliphatic rings. The van der Waals surface area contributed by atoms with Gasteiger partial charge in [0.05, 0.1) is 6.54 Å². The van der Waals surface area contributed by atoms with Crippen molar-refractivity contribution in [3.63, 3.8) is 0 Å². The van der Waals surface area contributed by atoms with E-state index in [4.69, 9.17) is 9.84 Å². The Morgan fingerprint density at radius 3 is 2.23 bits per heavy atom. The number of aliphatic carboxylic acids is 1. The molecule has 0 saturated carbocycles. The number of nitrogens with one attached hydrogen (secondary N) is 1. The Bertz CT molecular complexity index is 1060. The third-order valence-electron chi connectivity index (χ3n) is 5.35. The standard InChI is InChI=1S/C25H30N2O4/c1-4-18-8-10-20(11-9-18)16-27-17-21(26-24(27)30)7-5-6-19-12-14-22(15-13-19)31-25(2,3)23(28)29/h8-15,17H,4-7,16H2,1-3H3,(H,26,30)(H,28,29). The summed E-state index contributed by atoms with van der Waals surface area (Å²) in [6.45, 7) is 5.74. The van der Waals surface area contributed by atoms with Crippen LogP contribution in [-0.2, 0) is 30.6 Å². The monoisotopic (exact) mass is 422 g/mol. The molecule has 6 nitrogen and oxygen atoms in total. The third kappa shape index (κ3) is 6.10. The number of nitrogens with zero attached hydrogens (tertiary/aromatic N) is 1. The lowest BCUT2D eigenvalue weighted by molar-refractivity contribution is -0.152. The van der Waals surface area contributed by atoms with E-state index in [1.807, 2.05) is 18.3 Å². The number of carboxylic acids is 1. The molecule has 0 atom stereocenters. The van der Waals surface area contributed by atoms with E-state index in [0.29, 0.717) is 12.3 Å². The Balaban J connectivity index is 1.52. The molecule has 3 aromatic rings. The molecule has 1 aromatic heterocycles. The summed E-state index contributed by atoms with van der Waals surface area (Å²) in [5.41, 5.74) is 3.11. The molecule has 3 rings (SSSR count). The highest BCUT2D eigenvalue weighted by molar-refractivity contribution is 5.76. The lowest BCUT2D eigenvalue weighted by Gasteiger charge is -2.21. The quantitative estimate of drug-likeness (QED) is 0.513. The Labute approximate surface area is 182 Å². The molecule has 0 bridgehead atoms. The number of hydrogen-bond donors (Lipinski definition) is 2. The van der Waals surface area contributed by atoms with Crippen LogP contribution in [0.1, 0.15) is 49.6 Å². The normalized spacial score (nSPS) is 11.5. The number of aromatic nitrogens is 2. The van der Waals surface area contributed by atoms with Crippen molar-refractivity contribution in [1.82, 2.24) is 9.55 Å². The zero-order valence-electron chi connectivity index (χ0n) is 18.4. The SMILES string of the molecule is CCc1ccc(Cn2cc(CCCc3ccc(OC(C)(C)C(=O)O)cc3)[nH]c2=O)cc1. The minimum absolute atomic E-state index is 0.0860. The summed E-state index contributed by atoms with van der Waals surface area (Å²) in [4.78, 5) is 26.4. The van der Waals surface area contributed by atoms with Crippen molar-refractivity contribution in [2.24, 2.45) is 0 Å². The predicted molar refractivity (Wildman–Crippen MR) is 121 cm³/mol. The van der Waals surface area contributed by atoms with Gasteiger partial charge in [-0.15, -0.1) is 0 Å². The molecular weight excluding hydrogens is 392 g/mol. The van der Waals surface area contributed by atoms with E-state index >= 15 is 0 Å². The number of ether oxygens (including phenoxy) is 1. The number of carbonyl (C=O) groups is 1. The zero-order valence-corrected chi connectivity index (χ0v) is 18.4. The fraction of sp³-hybridized carbons (Fsp3) is 0.360. The molecule has 0 unspecified atom stereocenters. The number of imidazole rings is 1. The van der Waals surface area contributed by atoms with Crippen molar-refractivity contribution in [2.75, 3.05) is 0 Å². The smallest absolute Gasteiger partial charge is 0.347 e. The Hall–Kier alpha value is -3.28. The van der Waals surface area contributed by atoms with Crippen LogP contribution in [0.15, 0.2) is 59.5 Å². The van der Waals surface area contributed by atoms with Gasteiger partial charge >= 0.3 is 11.7 Å². The number of hydrogen-bond acceptors (Lipinski definition) is 3. The number of aromatic amines is 1. The molecule has 0 radical (unpaired) electrons. The summed E-state index contributed by atoms with van der Waals surface area (Å²) in [5, 5.41) is 9.15. The summed E-state index contributed by atoms with van der Waals surface area (Å²) in [7, 11) is 0. The van der Waals surface area contributed by atoms with E-state index in [1.165, 1.54) is 19.4 Å². The van der Waals surface area contributed by atoms with Gasteiger partial charge in [0.15, 0.2) is 5.60 Å². The minimum Gasteiger partial charge on any atom is -0.478 e. The second kappa shape index (κ2) is 9.69. The first-order valence-corrected chi connectivity index (χ1v) is 10.6. The summed E-state index contributed by atoms with van der Waals surface area (Å²) >= 11 is 0. The van der Waals surface area contributed by atoms with Gasteiger partial charge in [0.2, 0.25) is 0 Å². The number of H-pyrrole nitrogens is 1. The van der Waals surface area contributed by atoms with Crippen molar-refractivity contribution in [2.45, 2.75) is 58.6 Å². The molecule has 6 heteroatoms. The third-order valence-corrected chi connectivity index (χ3v) is 5.35. The van der Waals surface area contributed by atoms with Gasteiger partial charge < -0.3 is 14.8 Å².